The van der Waals surface area contributed by atoms with Gasteiger partial charge in [-0.25, -0.2) is 0 Å². The summed E-state index contributed by atoms with van der Waals surface area (Å²) in [5, 5.41) is 12.2. The third kappa shape index (κ3) is 5.72. The number of nitrogens with zero attached hydrogens (tertiary/aromatic N) is 1. The maximum absolute atomic E-state index is 10.6. The van der Waals surface area contributed by atoms with Gasteiger partial charge >= 0.3 is 5.97 Å². The van der Waals surface area contributed by atoms with E-state index < -0.39 is 5.97 Å². The van der Waals surface area contributed by atoms with Crippen LogP contribution in [0.1, 0.15) is 23.6 Å². The summed E-state index contributed by atoms with van der Waals surface area (Å²) in [5.74, 6) is -0.165. The van der Waals surface area contributed by atoms with Gasteiger partial charge in [0.2, 0.25) is 0 Å². The molecule has 0 aliphatic heterocycles. The van der Waals surface area contributed by atoms with Gasteiger partial charge in [0.25, 0.3) is 0 Å². The Bertz CT molecular complexity index is 394. The fourth-order valence-corrected chi connectivity index (χ4v) is 3.10. The van der Waals surface area contributed by atoms with Crippen molar-refractivity contribution >= 4 is 17.3 Å². The molecule has 0 bridgehead atoms. The van der Waals surface area contributed by atoms with Crippen molar-refractivity contribution in [3.63, 3.8) is 0 Å². The molecule has 0 spiro atoms. The topological polar surface area (TPSA) is 52.6 Å². The van der Waals surface area contributed by atoms with Crippen LogP contribution in [0.4, 0.5) is 0 Å². The highest BCUT2D eigenvalue weighted by Crippen LogP contribution is 2.17. The molecule has 0 saturated heterocycles. The van der Waals surface area contributed by atoms with Gasteiger partial charge in [-0.3, -0.25) is 4.79 Å². The summed E-state index contributed by atoms with van der Waals surface area (Å²) in [5.41, 5.74) is 0. The second-order valence-corrected chi connectivity index (χ2v) is 6.60. The highest BCUT2D eigenvalue weighted by atomic mass is 32.1. The normalized spacial score (nSPS) is 13.2. The number of aliphatic carboxylic acids is 1. The van der Waals surface area contributed by atoms with E-state index in [0.717, 1.165) is 18.0 Å². The maximum Gasteiger partial charge on any atom is 0.308 e. The Morgan fingerprint density at radius 3 is 2.53 bits per heavy atom. The molecule has 2 N–H and O–H groups in total. The highest BCUT2D eigenvalue weighted by Gasteiger charge is 2.15. The van der Waals surface area contributed by atoms with Crippen molar-refractivity contribution < 1.29 is 9.90 Å². The summed E-state index contributed by atoms with van der Waals surface area (Å²) in [6, 6.07) is 4.43. The van der Waals surface area contributed by atoms with Crippen molar-refractivity contribution in [2.24, 2.45) is 5.92 Å². The quantitative estimate of drug-likeness (QED) is 0.767. The van der Waals surface area contributed by atoms with Crippen LogP contribution >= 0.6 is 11.3 Å². The fourth-order valence-electron chi connectivity index (χ4n) is 2.12. The second-order valence-electron chi connectivity index (χ2n) is 5.34. The SMILES string of the molecule is CC(C)C(CNCc1ccc(CC(=O)O)s1)N(C)C. The number of hydrogen-bond acceptors (Lipinski definition) is 4. The van der Waals surface area contributed by atoms with Gasteiger partial charge < -0.3 is 15.3 Å². The molecule has 108 valence electrons. The molecule has 0 fully saturated rings. The summed E-state index contributed by atoms with van der Waals surface area (Å²) in [6.45, 7) is 6.20. The van der Waals surface area contributed by atoms with Gasteiger partial charge in [0.15, 0.2) is 0 Å². The summed E-state index contributed by atoms with van der Waals surface area (Å²) in [6.07, 6.45) is 0.122. The van der Waals surface area contributed by atoms with Crippen molar-refractivity contribution in [1.82, 2.24) is 10.2 Å². The van der Waals surface area contributed by atoms with E-state index in [0.29, 0.717) is 12.0 Å². The van der Waals surface area contributed by atoms with Crippen LogP contribution in [0.15, 0.2) is 12.1 Å². The maximum atomic E-state index is 10.6. The summed E-state index contributed by atoms with van der Waals surface area (Å²) >= 11 is 1.57. The zero-order chi connectivity index (χ0) is 14.4. The molecule has 0 aliphatic carbocycles. The number of carboxylic acids is 1. The van der Waals surface area contributed by atoms with E-state index in [1.807, 2.05) is 12.1 Å². The first kappa shape index (κ1) is 16.1. The van der Waals surface area contributed by atoms with Gasteiger partial charge in [0, 0.05) is 28.9 Å². The third-order valence-electron chi connectivity index (χ3n) is 3.13. The molecule has 0 radical (unpaired) electrons. The Labute approximate surface area is 119 Å². The molecular formula is C14H24N2O2S. The number of rotatable bonds is 8. The lowest BCUT2D eigenvalue weighted by Gasteiger charge is -2.28. The predicted molar refractivity (Wildman–Crippen MR) is 79.7 cm³/mol. The first-order valence-electron chi connectivity index (χ1n) is 6.56. The lowest BCUT2D eigenvalue weighted by Crippen LogP contribution is -2.41. The van der Waals surface area contributed by atoms with E-state index in [2.05, 4.69) is 38.2 Å². The third-order valence-corrected chi connectivity index (χ3v) is 4.21. The summed E-state index contributed by atoms with van der Waals surface area (Å²) in [4.78, 5) is 15.0. The molecule has 0 amide bonds. The van der Waals surface area contributed by atoms with E-state index in [1.54, 1.807) is 11.3 Å². The van der Waals surface area contributed by atoms with Gasteiger partial charge in [0.05, 0.1) is 6.42 Å². The van der Waals surface area contributed by atoms with Crippen LogP contribution in [0, 0.1) is 5.92 Å². The fraction of sp³-hybridized carbons (Fsp3) is 0.643. The zero-order valence-electron chi connectivity index (χ0n) is 12.1. The minimum Gasteiger partial charge on any atom is -0.481 e. The van der Waals surface area contributed by atoms with Crippen molar-refractivity contribution in [2.45, 2.75) is 32.9 Å². The van der Waals surface area contributed by atoms with Crippen molar-refractivity contribution in [1.29, 1.82) is 0 Å². The van der Waals surface area contributed by atoms with Gasteiger partial charge in [-0.2, -0.15) is 0 Å². The van der Waals surface area contributed by atoms with Gasteiger partial charge in [-0.15, -0.1) is 11.3 Å². The molecule has 0 aliphatic rings. The Balaban J connectivity index is 2.40. The molecule has 1 aromatic heterocycles. The second kappa shape index (κ2) is 7.62. The van der Waals surface area contributed by atoms with Crippen LogP contribution < -0.4 is 5.32 Å². The van der Waals surface area contributed by atoms with Gasteiger partial charge in [-0.1, -0.05) is 13.8 Å². The molecular weight excluding hydrogens is 260 g/mol. The number of hydrogen-bond donors (Lipinski definition) is 2. The smallest absolute Gasteiger partial charge is 0.308 e. The Hall–Kier alpha value is -0.910. The number of carbonyl (C=O) groups is 1. The molecule has 1 aromatic rings. The number of nitrogens with one attached hydrogen (secondary N) is 1. The lowest BCUT2D eigenvalue weighted by molar-refractivity contribution is -0.136. The first-order valence-corrected chi connectivity index (χ1v) is 7.38. The Kier molecular flexibility index (Phi) is 6.48. The number of likely N-dealkylation sites (N-methyl/N-ethyl adjacent to an activating group) is 1. The molecule has 1 atom stereocenters. The lowest BCUT2D eigenvalue weighted by atomic mass is 10.0. The standard InChI is InChI=1S/C14H24N2O2S/c1-10(2)13(16(3)4)9-15-8-12-6-5-11(19-12)7-14(17)18/h5-6,10,13,15H,7-9H2,1-4H3,(H,17,18). The minimum atomic E-state index is -0.770. The Morgan fingerprint density at radius 1 is 1.37 bits per heavy atom. The minimum absolute atomic E-state index is 0.122. The molecule has 1 unspecified atom stereocenters. The van der Waals surface area contributed by atoms with E-state index in [4.69, 9.17) is 5.11 Å². The molecule has 1 heterocycles. The van der Waals surface area contributed by atoms with Gasteiger partial charge in [-0.05, 0) is 32.1 Å². The Morgan fingerprint density at radius 2 is 2.00 bits per heavy atom. The molecule has 5 heteroatoms. The first-order chi connectivity index (χ1) is 8.90. The molecule has 4 nitrogen and oxygen atoms in total. The van der Waals surface area contributed by atoms with Crippen LogP contribution in [0.5, 0.6) is 0 Å². The van der Waals surface area contributed by atoms with Crippen LogP contribution in [-0.4, -0.2) is 42.7 Å². The summed E-state index contributed by atoms with van der Waals surface area (Å²) < 4.78 is 0. The molecule has 19 heavy (non-hydrogen) atoms. The number of carboxylic acid groups (broad SMARTS) is 1. The average molecular weight is 284 g/mol. The van der Waals surface area contributed by atoms with Crippen molar-refractivity contribution in [3.05, 3.63) is 21.9 Å². The molecule has 1 rings (SSSR count). The molecule has 0 saturated carbocycles. The van der Waals surface area contributed by atoms with Crippen molar-refractivity contribution in [2.75, 3.05) is 20.6 Å². The summed E-state index contributed by atoms with van der Waals surface area (Å²) in [7, 11) is 4.20. The van der Waals surface area contributed by atoms with Crippen LogP contribution in [0.25, 0.3) is 0 Å². The van der Waals surface area contributed by atoms with E-state index in [-0.39, 0.29) is 6.42 Å². The van der Waals surface area contributed by atoms with E-state index >= 15 is 0 Å². The van der Waals surface area contributed by atoms with Crippen molar-refractivity contribution in [3.8, 4) is 0 Å². The monoisotopic (exact) mass is 284 g/mol. The number of thiophene rings is 1. The largest absolute Gasteiger partial charge is 0.481 e. The van der Waals surface area contributed by atoms with Crippen LogP contribution in [0.2, 0.25) is 0 Å². The zero-order valence-corrected chi connectivity index (χ0v) is 13.0. The highest BCUT2D eigenvalue weighted by molar-refractivity contribution is 7.12. The van der Waals surface area contributed by atoms with Crippen LogP contribution in [0.3, 0.4) is 0 Å². The van der Waals surface area contributed by atoms with Gasteiger partial charge in [0.1, 0.15) is 0 Å². The van der Waals surface area contributed by atoms with E-state index in [9.17, 15) is 4.79 Å². The van der Waals surface area contributed by atoms with Crippen LogP contribution in [-0.2, 0) is 17.8 Å². The average Bonchev–Trinajstić information content (AvgIpc) is 2.70. The molecule has 0 aromatic carbocycles. The van der Waals surface area contributed by atoms with E-state index in [1.165, 1.54) is 4.88 Å². The predicted octanol–water partition coefficient (Wildman–Crippen LogP) is 2.05.